The van der Waals surface area contributed by atoms with Crippen molar-refractivity contribution < 1.29 is 9.53 Å². The minimum Gasteiger partial charge on any atom is -0.451 e. The third-order valence-corrected chi connectivity index (χ3v) is 5.99. The third-order valence-electron chi connectivity index (χ3n) is 5.99. The highest BCUT2D eigenvalue weighted by atomic mass is 16.5. The summed E-state index contributed by atoms with van der Waals surface area (Å²) in [5.74, 6) is 0.349. The Morgan fingerprint density at radius 1 is 1.00 bits per heavy atom. The minimum absolute atomic E-state index is 0.0764. The molecular formula is C27H26N6O2. The smallest absolute Gasteiger partial charge is 0.339 e. The highest BCUT2D eigenvalue weighted by Crippen LogP contribution is 2.38. The summed E-state index contributed by atoms with van der Waals surface area (Å²) in [5, 5.41) is 0.772. The summed E-state index contributed by atoms with van der Waals surface area (Å²) < 4.78 is 5.89. The van der Waals surface area contributed by atoms with E-state index in [-0.39, 0.29) is 5.95 Å². The van der Waals surface area contributed by atoms with Gasteiger partial charge in [-0.3, -0.25) is 0 Å². The number of anilines is 2. The van der Waals surface area contributed by atoms with Crippen LogP contribution in [0, 0.1) is 0 Å². The number of hydrogen-bond acceptors (Lipinski definition) is 8. The van der Waals surface area contributed by atoms with Gasteiger partial charge < -0.3 is 15.4 Å². The maximum atomic E-state index is 13.6. The second kappa shape index (κ2) is 9.13. The number of carbonyl (C=O) groups is 1. The molecule has 0 amide bonds. The lowest BCUT2D eigenvalue weighted by Gasteiger charge is -2.17. The molecule has 4 aromatic rings. The molecule has 0 saturated carbocycles. The summed E-state index contributed by atoms with van der Waals surface area (Å²) in [6, 6.07) is 17.8. The molecule has 2 N–H and O–H groups in total. The van der Waals surface area contributed by atoms with Gasteiger partial charge in [0.1, 0.15) is 0 Å². The Morgan fingerprint density at radius 2 is 1.74 bits per heavy atom. The number of para-hydroxylation sites is 1. The van der Waals surface area contributed by atoms with E-state index in [1.165, 1.54) is 0 Å². The van der Waals surface area contributed by atoms with Gasteiger partial charge in [0.2, 0.25) is 11.9 Å². The largest absolute Gasteiger partial charge is 0.451 e. The minimum atomic E-state index is -0.713. The van der Waals surface area contributed by atoms with E-state index in [2.05, 4.69) is 33.2 Å². The SMILES string of the molecule is CC(OC(=O)c1c2c(nc3ccccc13)/C(=C/c1ccccc1)CC2)c1nc(N)nc(N(C)C)n1. The zero-order valence-corrected chi connectivity index (χ0v) is 19.9. The van der Waals surface area contributed by atoms with Crippen molar-refractivity contribution >= 4 is 40.4 Å². The first-order valence-corrected chi connectivity index (χ1v) is 11.5. The van der Waals surface area contributed by atoms with E-state index in [4.69, 9.17) is 15.5 Å². The molecule has 2 aromatic carbocycles. The quantitative estimate of drug-likeness (QED) is 0.429. The molecule has 0 fully saturated rings. The number of nitrogens with zero attached hydrogens (tertiary/aromatic N) is 5. The molecule has 1 unspecified atom stereocenters. The van der Waals surface area contributed by atoms with E-state index >= 15 is 0 Å². The molecule has 2 heterocycles. The van der Waals surface area contributed by atoms with Crippen LogP contribution >= 0.6 is 0 Å². The van der Waals surface area contributed by atoms with Crippen LogP contribution in [0.2, 0.25) is 0 Å². The number of pyridine rings is 1. The van der Waals surface area contributed by atoms with Crippen LogP contribution in [0.4, 0.5) is 11.9 Å². The van der Waals surface area contributed by atoms with Crippen LogP contribution < -0.4 is 10.6 Å². The van der Waals surface area contributed by atoms with E-state index < -0.39 is 12.1 Å². The van der Waals surface area contributed by atoms with Crippen LogP contribution in [0.5, 0.6) is 0 Å². The summed E-state index contributed by atoms with van der Waals surface area (Å²) in [6.07, 6.45) is 2.95. The molecule has 1 aliphatic carbocycles. The van der Waals surface area contributed by atoms with E-state index in [1.807, 2.05) is 56.6 Å². The van der Waals surface area contributed by atoms with Crippen LogP contribution in [0.3, 0.4) is 0 Å². The number of allylic oxidation sites excluding steroid dienone is 1. The molecule has 8 nitrogen and oxygen atoms in total. The number of esters is 1. The summed E-state index contributed by atoms with van der Waals surface area (Å²) in [5.41, 5.74) is 11.1. The van der Waals surface area contributed by atoms with Crippen LogP contribution in [-0.4, -0.2) is 40.0 Å². The number of aromatic nitrogens is 4. The molecule has 5 rings (SSSR count). The van der Waals surface area contributed by atoms with Crippen molar-refractivity contribution in [1.82, 2.24) is 19.9 Å². The first kappa shape index (κ1) is 22.5. The predicted molar refractivity (Wildman–Crippen MR) is 137 cm³/mol. The van der Waals surface area contributed by atoms with E-state index in [1.54, 1.807) is 11.8 Å². The molecular weight excluding hydrogens is 440 g/mol. The van der Waals surface area contributed by atoms with Gasteiger partial charge >= 0.3 is 5.97 Å². The molecule has 176 valence electrons. The number of fused-ring (bicyclic) bond motifs is 2. The molecule has 0 radical (unpaired) electrons. The van der Waals surface area contributed by atoms with Gasteiger partial charge in [0.15, 0.2) is 11.9 Å². The molecule has 2 aromatic heterocycles. The van der Waals surface area contributed by atoms with E-state index in [0.29, 0.717) is 23.8 Å². The number of nitrogens with two attached hydrogens (primary N) is 1. The fourth-order valence-corrected chi connectivity index (χ4v) is 4.31. The molecule has 0 spiro atoms. The van der Waals surface area contributed by atoms with Gasteiger partial charge in [0.05, 0.1) is 16.8 Å². The normalized spacial score (nSPS) is 14.7. The Hall–Kier alpha value is -4.33. The number of carbonyl (C=O) groups excluding carboxylic acids is 1. The Labute approximate surface area is 203 Å². The van der Waals surface area contributed by atoms with Crippen molar-refractivity contribution in [3.63, 3.8) is 0 Å². The maximum Gasteiger partial charge on any atom is 0.339 e. The Bertz CT molecular complexity index is 1450. The fraction of sp³-hybridized carbons (Fsp3) is 0.222. The van der Waals surface area contributed by atoms with Gasteiger partial charge in [-0.15, -0.1) is 0 Å². The summed E-state index contributed by atoms with van der Waals surface area (Å²) in [7, 11) is 3.62. The van der Waals surface area contributed by atoms with Crippen LogP contribution in [0.25, 0.3) is 22.6 Å². The topological polar surface area (TPSA) is 107 Å². The highest BCUT2D eigenvalue weighted by Gasteiger charge is 2.29. The third kappa shape index (κ3) is 4.42. The Morgan fingerprint density at radius 3 is 2.51 bits per heavy atom. The Kier molecular flexibility index (Phi) is 5.86. The molecule has 0 bridgehead atoms. The van der Waals surface area contributed by atoms with Gasteiger partial charge in [-0.2, -0.15) is 15.0 Å². The molecule has 8 heteroatoms. The standard InChI is InChI=1S/C27H26N6O2/c1-16(24-30-26(28)32-27(31-24)33(2)3)35-25(34)22-19-11-7-8-12-21(19)29-23-18(13-14-20(22)23)15-17-9-5-4-6-10-17/h4-12,15-16H,13-14H2,1-3H3,(H2,28,30,31,32)/b18-15+. The number of nitrogen functional groups attached to an aromatic ring is 1. The van der Waals surface area contributed by atoms with Crippen LogP contribution in [0.1, 0.15) is 52.5 Å². The van der Waals surface area contributed by atoms with E-state index in [9.17, 15) is 4.79 Å². The molecule has 35 heavy (non-hydrogen) atoms. The van der Waals surface area contributed by atoms with Crippen molar-refractivity contribution in [2.24, 2.45) is 0 Å². The van der Waals surface area contributed by atoms with Gasteiger partial charge in [-0.1, -0.05) is 48.5 Å². The zero-order chi connectivity index (χ0) is 24.5. The van der Waals surface area contributed by atoms with Gasteiger partial charge in [0.25, 0.3) is 0 Å². The second-order valence-electron chi connectivity index (χ2n) is 8.71. The van der Waals surface area contributed by atoms with Crippen molar-refractivity contribution in [1.29, 1.82) is 0 Å². The van der Waals surface area contributed by atoms with Crippen molar-refractivity contribution in [2.45, 2.75) is 25.9 Å². The fourth-order valence-electron chi connectivity index (χ4n) is 4.31. The second-order valence-corrected chi connectivity index (χ2v) is 8.71. The van der Waals surface area contributed by atoms with Crippen molar-refractivity contribution in [2.75, 3.05) is 24.7 Å². The first-order chi connectivity index (χ1) is 16.9. The highest BCUT2D eigenvalue weighted by molar-refractivity contribution is 6.07. The van der Waals surface area contributed by atoms with Gasteiger partial charge in [-0.25, -0.2) is 9.78 Å². The number of benzene rings is 2. The number of hydrogen-bond donors (Lipinski definition) is 1. The molecule has 0 saturated heterocycles. The molecule has 0 aliphatic heterocycles. The predicted octanol–water partition coefficient (Wildman–Crippen LogP) is 4.47. The van der Waals surface area contributed by atoms with Crippen LogP contribution in [0.15, 0.2) is 54.6 Å². The number of ether oxygens (including phenoxy) is 1. The molecule has 1 aliphatic rings. The summed E-state index contributed by atoms with van der Waals surface area (Å²) in [4.78, 5) is 32.9. The lowest BCUT2D eigenvalue weighted by molar-refractivity contribution is 0.0321. The van der Waals surface area contributed by atoms with E-state index in [0.717, 1.165) is 39.7 Å². The lowest BCUT2D eigenvalue weighted by atomic mass is 10.0. The Balaban J connectivity index is 1.54. The molecule has 1 atom stereocenters. The van der Waals surface area contributed by atoms with Gasteiger partial charge in [0, 0.05) is 19.5 Å². The average molecular weight is 467 g/mol. The summed E-state index contributed by atoms with van der Waals surface area (Å²) in [6.45, 7) is 1.73. The van der Waals surface area contributed by atoms with Crippen LogP contribution in [-0.2, 0) is 11.2 Å². The zero-order valence-electron chi connectivity index (χ0n) is 19.9. The lowest BCUT2D eigenvalue weighted by Crippen LogP contribution is -2.19. The van der Waals surface area contributed by atoms with Gasteiger partial charge in [-0.05, 0) is 48.6 Å². The maximum absolute atomic E-state index is 13.6. The van der Waals surface area contributed by atoms with Crippen molar-refractivity contribution in [3.05, 3.63) is 82.8 Å². The average Bonchev–Trinajstić information content (AvgIpc) is 3.24. The van der Waals surface area contributed by atoms with Crippen molar-refractivity contribution in [3.8, 4) is 0 Å². The monoisotopic (exact) mass is 466 g/mol. The number of rotatable bonds is 5. The first-order valence-electron chi connectivity index (χ1n) is 11.5. The summed E-state index contributed by atoms with van der Waals surface area (Å²) >= 11 is 0.